The van der Waals surface area contributed by atoms with E-state index >= 15 is 0 Å². The van der Waals surface area contributed by atoms with Gasteiger partial charge in [0.2, 0.25) is 11.8 Å². The second kappa shape index (κ2) is 8.32. The molecular formula is C23H29ClN2O6. The van der Waals surface area contributed by atoms with Gasteiger partial charge in [-0.3, -0.25) is 14.4 Å². The monoisotopic (exact) mass is 464 g/mol. The zero-order valence-corrected chi connectivity index (χ0v) is 19.2. The fourth-order valence-corrected chi connectivity index (χ4v) is 6.06. The van der Waals surface area contributed by atoms with E-state index in [0.29, 0.717) is 30.0 Å². The zero-order chi connectivity index (χ0) is 23.3. The summed E-state index contributed by atoms with van der Waals surface area (Å²) in [7, 11) is 0. The number of aliphatic hydroxyl groups excluding tert-OH is 1. The first-order chi connectivity index (χ1) is 15.3. The van der Waals surface area contributed by atoms with Crippen molar-refractivity contribution in [3.05, 3.63) is 29.3 Å². The fourth-order valence-electron chi connectivity index (χ4n) is 5.87. The number of hydrogen-bond acceptors (Lipinski definition) is 6. The average Bonchev–Trinajstić information content (AvgIpc) is 3.38. The van der Waals surface area contributed by atoms with E-state index in [4.69, 9.17) is 21.1 Å². The lowest BCUT2D eigenvalue weighted by atomic mass is 9.65. The standard InChI is InChI=1S/C23H29ClN2O6/c1-4-22-10-11-23(32-22)16(17(22)21(30)31-5-2)20(29)26(13(3)12-27)18(23)19(28)25-15-9-7-6-8-14(15)24/h6-9,13,16-18,27H,4-5,10-12H2,1-3H3,(H,25,28)/t13-,16+,17-,18?,22+,23?/m1/s1. The van der Waals surface area contributed by atoms with Crippen molar-refractivity contribution in [1.29, 1.82) is 0 Å². The summed E-state index contributed by atoms with van der Waals surface area (Å²) in [5.41, 5.74) is -1.59. The van der Waals surface area contributed by atoms with E-state index in [-0.39, 0.29) is 19.1 Å². The Hall–Kier alpha value is -2.16. The molecule has 3 saturated heterocycles. The minimum Gasteiger partial charge on any atom is -0.466 e. The number of hydrogen-bond donors (Lipinski definition) is 2. The first-order valence-corrected chi connectivity index (χ1v) is 11.5. The van der Waals surface area contributed by atoms with Crippen LogP contribution in [0.3, 0.4) is 0 Å². The lowest BCUT2D eigenvalue weighted by Gasteiger charge is -2.36. The summed E-state index contributed by atoms with van der Waals surface area (Å²) >= 11 is 6.23. The van der Waals surface area contributed by atoms with Gasteiger partial charge >= 0.3 is 5.97 Å². The second-order valence-electron chi connectivity index (χ2n) is 8.83. The Morgan fingerprint density at radius 1 is 1.34 bits per heavy atom. The number of carbonyl (C=O) groups excluding carboxylic acids is 3. The van der Waals surface area contributed by atoms with Gasteiger partial charge in [0.1, 0.15) is 17.6 Å². The number of aliphatic hydroxyl groups is 1. The van der Waals surface area contributed by atoms with Gasteiger partial charge in [-0.25, -0.2) is 0 Å². The molecule has 3 fully saturated rings. The van der Waals surface area contributed by atoms with E-state index < -0.39 is 47.0 Å². The number of halogens is 1. The largest absolute Gasteiger partial charge is 0.466 e. The summed E-state index contributed by atoms with van der Waals surface area (Å²) in [5.74, 6) is -2.92. The molecule has 2 bridgehead atoms. The normalized spacial score (nSPS) is 33.8. The van der Waals surface area contributed by atoms with Crippen molar-refractivity contribution in [2.45, 2.75) is 63.3 Å². The van der Waals surface area contributed by atoms with Crippen LogP contribution in [-0.2, 0) is 23.9 Å². The summed E-state index contributed by atoms with van der Waals surface area (Å²) in [6, 6.07) is 5.19. The van der Waals surface area contributed by atoms with Crippen LogP contribution in [0, 0.1) is 11.8 Å². The number of anilines is 1. The van der Waals surface area contributed by atoms with E-state index in [9.17, 15) is 19.5 Å². The Labute approximate surface area is 192 Å². The highest BCUT2D eigenvalue weighted by Crippen LogP contribution is 2.64. The Bertz CT molecular complexity index is 941. The maximum Gasteiger partial charge on any atom is 0.312 e. The van der Waals surface area contributed by atoms with Crippen LogP contribution < -0.4 is 5.32 Å². The van der Waals surface area contributed by atoms with Gasteiger partial charge in [0.15, 0.2) is 0 Å². The number of rotatable bonds is 7. The minimum atomic E-state index is -1.17. The Balaban J connectivity index is 1.78. The highest BCUT2D eigenvalue weighted by Gasteiger charge is 2.79. The number of ether oxygens (including phenoxy) is 2. The summed E-state index contributed by atoms with van der Waals surface area (Å²) in [5, 5.41) is 13.1. The number of nitrogens with one attached hydrogen (secondary N) is 1. The van der Waals surface area contributed by atoms with Gasteiger partial charge in [-0.1, -0.05) is 30.7 Å². The van der Waals surface area contributed by atoms with Gasteiger partial charge in [-0.2, -0.15) is 0 Å². The van der Waals surface area contributed by atoms with E-state index in [1.165, 1.54) is 4.90 Å². The van der Waals surface area contributed by atoms with Gasteiger partial charge < -0.3 is 24.8 Å². The van der Waals surface area contributed by atoms with Gasteiger partial charge in [0.05, 0.1) is 41.5 Å². The van der Waals surface area contributed by atoms with Crippen LogP contribution >= 0.6 is 11.6 Å². The Morgan fingerprint density at radius 3 is 2.69 bits per heavy atom. The van der Waals surface area contributed by atoms with Gasteiger partial charge in [0.25, 0.3) is 0 Å². The maximum atomic E-state index is 13.7. The predicted molar refractivity (Wildman–Crippen MR) is 117 cm³/mol. The summed E-state index contributed by atoms with van der Waals surface area (Å²) < 4.78 is 11.9. The predicted octanol–water partition coefficient (Wildman–Crippen LogP) is 2.38. The molecule has 3 aliphatic heterocycles. The van der Waals surface area contributed by atoms with Crippen LogP contribution in [0.2, 0.25) is 5.02 Å². The summed E-state index contributed by atoms with van der Waals surface area (Å²) in [6.45, 7) is 5.18. The zero-order valence-electron chi connectivity index (χ0n) is 18.5. The fraction of sp³-hybridized carbons (Fsp3) is 0.609. The van der Waals surface area contributed by atoms with E-state index in [1.54, 1.807) is 38.1 Å². The number of likely N-dealkylation sites (tertiary alicyclic amines) is 1. The highest BCUT2D eigenvalue weighted by atomic mass is 35.5. The van der Waals surface area contributed by atoms with Crippen molar-refractivity contribution < 1.29 is 29.0 Å². The SMILES string of the molecule is CCOC(=O)[C@H]1[C@H]2C(=O)N([C@H](C)CO)C(C(=O)Nc3ccccc3Cl)C23CC[C@]1(CC)O3. The molecule has 6 atom stereocenters. The van der Waals surface area contributed by atoms with Crippen LogP contribution in [-0.4, -0.2) is 64.3 Å². The topological polar surface area (TPSA) is 105 Å². The molecule has 0 aliphatic carbocycles. The lowest BCUT2D eigenvalue weighted by Crippen LogP contribution is -2.55. The molecule has 0 radical (unpaired) electrons. The molecule has 174 valence electrons. The van der Waals surface area contributed by atoms with Crippen LogP contribution in [0.25, 0.3) is 0 Å². The molecule has 1 spiro atoms. The minimum absolute atomic E-state index is 0.191. The van der Waals surface area contributed by atoms with E-state index in [0.717, 1.165) is 0 Å². The second-order valence-corrected chi connectivity index (χ2v) is 9.24. The van der Waals surface area contributed by atoms with E-state index in [2.05, 4.69) is 5.32 Å². The van der Waals surface area contributed by atoms with Crippen LogP contribution in [0.1, 0.15) is 40.0 Å². The number of carbonyl (C=O) groups is 3. The van der Waals surface area contributed by atoms with Crippen molar-refractivity contribution in [2.24, 2.45) is 11.8 Å². The molecule has 0 aromatic heterocycles. The van der Waals surface area contributed by atoms with Crippen molar-refractivity contribution in [2.75, 3.05) is 18.5 Å². The Morgan fingerprint density at radius 2 is 2.06 bits per heavy atom. The molecule has 32 heavy (non-hydrogen) atoms. The van der Waals surface area contributed by atoms with Crippen LogP contribution in [0.5, 0.6) is 0 Å². The number of nitrogens with zero attached hydrogens (tertiary/aromatic N) is 1. The first kappa shape index (κ1) is 23.0. The van der Waals surface area contributed by atoms with Gasteiger partial charge in [-0.05, 0) is 45.2 Å². The number of fused-ring (bicyclic) bond motifs is 1. The van der Waals surface area contributed by atoms with Crippen molar-refractivity contribution in [3.8, 4) is 0 Å². The molecule has 9 heteroatoms. The molecule has 2 amide bonds. The Kier molecular flexibility index (Phi) is 5.98. The van der Waals surface area contributed by atoms with Gasteiger partial charge in [0, 0.05) is 0 Å². The maximum absolute atomic E-state index is 13.7. The van der Waals surface area contributed by atoms with Crippen LogP contribution in [0.15, 0.2) is 24.3 Å². The summed E-state index contributed by atoms with van der Waals surface area (Å²) in [4.78, 5) is 41.7. The molecule has 1 aromatic carbocycles. The molecule has 2 unspecified atom stereocenters. The number of benzene rings is 1. The molecule has 8 nitrogen and oxygen atoms in total. The average molecular weight is 465 g/mol. The first-order valence-electron chi connectivity index (χ1n) is 11.1. The third-order valence-electron chi connectivity index (χ3n) is 7.28. The van der Waals surface area contributed by atoms with Crippen molar-refractivity contribution in [1.82, 2.24) is 4.90 Å². The van der Waals surface area contributed by atoms with Crippen molar-refractivity contribution >= 4 is 35.1 Å². The molecule has 3 heterocycles. The highest BCUT2D eigenvalue weighted by molar-refractivity contribution is 6.33. The molecule has 3 aliphatic rings. The molecule has 0 saturated carbocycles. The van der Waals surface area contributed by atoms with Crippen LogP contribution in [0.4, 0.5) is 5.69 Å². The smallest absolute Gasteiger partial charge is 0.312 e. The third kappa shape index (κ3) is 3.15. The molecule has 2 N–H and O–H groups in total. The molecule has 1 aromatic rings. The third-order valence-corrected chi connectivity index (χ3v) is 7.61. The quantitative estimate of drug-likeness (QED) is 0.600. The van der Waals surface area contributed by atoms with Gasteiger partial charge in [-0.15, -0.1) is 0 Å². The lowest BCUT2D eigenvalue weighted by molar-refractivity contribution is -0.161. The molecular weight excluding hydrogens is 436 g/mol. The number of para-hydroxylation sites is 1. The summed E-state index contributed by atoms with van der Waals surface area (Å²) in [6.07, 6.45) is 1.53. The number of esters is 1. The number of amides is 2. The molecule has 4 rings (SSSR count). The van der Waals surface area contributed by atoms with E-state index in [1.807, 2.05) is 6.92 Å². The van der Waals surface area contributed by atoms with Crippen molar-refractivity contribution in [3.63, 3.8) is 0 Å².